The Balaban J connectivity index is 1.65. The molecule has 0 saturated carbocycles. The lowest BCUT2D eigenvalue weighted by molar-refractivity contribution is -0.136. The van der Waals surface area contributed by atoms with E-state index in [1.54, 1.807) is 24.3 Å². The summed E-state index contributed by atoms with van der Waals surface area (Å²) in [5, 5.41) is 17.3. The zero-order chi connectivity index (χ0) is 20.1. The average Bonchev–Trinajstić information content (AvgIpc) is 3.18. The van der Waals surface area contributed by atoms with Gasteiger partial charge in [0.1, 0.15) is 0 Å². The topological polar surface area (TPSA) is 90.7 Å². The molecule has 6 heteroatoms. The van der Waals surface area contributed by atoms with E-state index < -0.39 is 5.97 Å². The van der Waals surface area contributed by atoms with Crippen LogP contribution in [0.1, 0.15) is 5.56 Å². The third kappa shape index (κ3) is 4.44. The summed E-state index contributed by atoms with van der Waals surface area (Å²) < 4.78 is 0. The molecule has 1 aromatic heterocycles. The Morgan fingerprint density at radius 3 is 2.07 bits per heavy atom. The Morgan fingerprint density at radius 2 is 1.45 bits per heavy atom. The molecule has 0 bridgehead atoms. The second kappa shape index (κ2) is 8.31. The Labute approximate surface area is 167 Å². The van der Waals surface area contributed by atoms with Crippen LogP contribution in [-0.4, -0.2) is 21.0 Å². The summed E-state index contributed by atoms with van der Waals surface area (Å²) in [6.07, 6.45) is -0.0174. The number of nitrogens with zero attached hydrogens (tertiary/aromatic N) is 3. The molecule has 4 rings (SSSR count). The standard InChI is InChI=1S/C23H18N4O2/c28-20(29)15-16-11-13-19(14-12-16)26-27-23-24-21(17-7-3-1-4-8-17)22(25-23)18-9-5-2-6-10-18/h1-14H,15H2,(H,24,25)(H,28,29). The Bertz CT molecular complexity index is 1080. The summed E-state index contributed by atoms with van der Waals surface area (Å²) in [5.41, 5.74) is 5.02. The van der Waals surface area contributed by atoms with E-state index in [0.717, 1.165) is 22.5 Å². The van der Waals surface area contributed by atoms with Gasteiger partial charge in [-0.3, -0.25) is 4.79 Å². The van der Waals surface area contributed by atoms with E-state index >= 15 is 0 Å². The van der Waals surface area contributed by atoms with Crippen molar-refractivity contribution in [2.24, 2.45) is 10.2 Å². The van der Waals surface area contributed by atoms with Gasteiger partial charge < -0.3 is 10.1 Å². The van der Waals surface area contributed by atoms with Crippen LogP contribution in [0.5, 0.6) is 0 Å². The highest BCUT2D eigenvalue weighted by molar-refractivity contribution is 5.79. The van der Waals surface area contributed by atoms with E-state index in [1.165, 1.54) is 0 Å². The fourth-order valence-corrected chi connectivity index (χ4v) is 2.99. The maximum Gasteiger partial charge on any atom is 0.307 e. The molecule has 0 aliphatic rings. The molecular weight excluding hydrogens is 364 g/mol. The second-order valence-electron chi connectivity index (χ2n) is 6.45. The number of azo groups is 1. The molecule has 29 heavy (non-hydrogen) atoms. The predicted molar refractivity (Wildman–Crippen MR) is 111 cm³/mol. The number of nitrogens with one attached hydrogen (secondary N) is 1. The van der Waals surface area contributed by atoms with Gasteiger partial charge in [-0.05, 0) is 17.7 Å². The summed E-state index contributed by atoms with van der Waals surface area (Å²) in [6.45, 7) is 0. The minimum absolute atomic E-state index is 0.0174. The first kappa shape index (κ1) is 18.3. The molecule has 0 unspecified atom stereocenters. The predicted octanol–water partition coefficient (Wildman–Crippen LogP) is 5.79. The number of aromatic amines is 1. The van der Waals surface area contributed by atoms with Gasteiger partial charge in [-0.1, -0.05) is 72.8 Å². The molecule has 3 aromatic carbocycles. The highest BCUT2D eigenvalue weighted by Crippen LogP contribution is 2.32. The summed E-state index contributed by atoms with van der Waals surface area (Å²) >= 11 is 0. The van der Waals surface area contributed by atoms with Crippen molar-refractivity contribution in [2.45, 2.75) is 6.42 Å². The van der Waals surface area contributed by atoms with Crippen molar-refractivity contribution < 1.29 is 9.90 Å². The number of hydrogen-bond donors (Lipinski definition) is 2. The van der Waals surface area contributed by atoms with Crippen LogP contribution in [0.25, 0.3) is 22.5 Å². The number of imidazole rings is 1. The van der Waals surface area contributed by atoms with Gasteiger partial charge in [-0.25, -0.2) is 4.98 Å². The number of carboxylic acid groups (broad SMARTS) is 1. The smallest absolute Gasteiger partial charge is 0.307 e. The first-order valence-electron chi connectivity index (χ1n) is 9.12. The lowest BCUT2D eigenvalue weighted by Crippen LogP contribution is -1.98. The van der Waals surface area contributed by atoms with Crippen molar-refractivity contribution in [3.05, 3.63) is 90.5 Å². The Morgan fingerprint density at radius 1 is 0.828 bits per heavy atom. The number of H-pyrrole nitrogens is 1. The average molecular weight is 382 g/mol. The number of carboxylic acids is 1. The maximum absolute atomic E-state index is 10.8. The molecule has 0 aliphatic carbocycles. The lowest BCUT2D eigenvalue weighted by Gasteiger charge is -2.02. The van der Waals surface area contributed by atoms with Crippen molar-refractivity contribution in [3.63, 3.8) is 0 Å². The third-order valence-electron chi connectivity index (χ3n) is 4.35. The molecule has 0 amide bonds. The van der Waals surface area contributed by atoms with E-state index in [9.17, 15) is 4.79 Å². The Kier molecular flexibility index (Phi) is 5.25. The molecule has 142 valence electrons. The van der Waals surface area contributed by atoms with Gasteiger partial charge in [0.2, 0.25) is 5.95 Å². The fraction of sp³-hybridized carbons (Fsp3) is 0.0435. The molecule has 0 radical (unpaired) electrons. The first-order valence-corrected chi connectivity index (χ1v) is 9.12. The van der Waals surface area contributed by atoms with E-state index in [-0.39, 0.29) is 6.42 Å². The van der Waals surface area contributed by atoms with Crippen LogP contribution in [0, 0.1) is 0 Å². The van der Waals surface area contributed by atoms with Crippen LogP contribution in [0.3, 0.4) is 0 Å². The molecule has 0 saturated heterocycles. The number of benzene rings is 3. The van der Waals surface area contributed by atoms with Crippen molar-refractivity contribution in [2.75, 3.05) is 0 Å². The summed E-state index contributed by atoms with van der Waals surface area (Å²) in [6, 6.07) is 26.8. The summed E-state index contributed by atoms with van der Waals surface area (Å²) in [5.74, 6) is -0.464. The van der Waals surface area contributed by atoms with Crippen LogP contribution < -0.4 is 0 Å². The van der Waals surface area contributed by atoms with Crippen molar-refractivity contribution in [3.8, 4) is 22.5 Å². The number of hydrogen-bond acceptors (Lipinski definition) is 4. The quantitative estimate of drug-likeness (QED) is 0.414. The van der Waals surface area contributed by atoms with E-state index in [0.29, 0.717) is 17.2 Å². The number of aliphatic carboxylic acids is 1. The van der Waals surface area contributed by atoms with Gasteiger partial charge in [0.25, 0.3) is 0 Å². The van der Waals surface area contributed by atoms with Crippen LogP contribution >= 0.6 is 0 Å². The van der Waals surface area contributed by atoms with E-state index in [1.807, 2.05) is 60.7 Å². The zero-order valence-electron chi connectivity index (χ0n) is 15.5. The van der Waals surface area contributed by atoms with Gasteiger partial charge in [-0.15, -0.1) is 10.2 Å². The van der Waals surface area contributed by atoms with Gasteiger partial charge in [-0.2, -0.15) is 0 Å². The molecule has 1 heterocycles. The van der Waals surface area contributed by atoms with Crippen molar-refractivity contribution in [1.29, 1.82) is 0 Å². The molecular formula is C23H18N4O2. The highest BCUT2D eigenvalue weighted by atomic mass is 16.4. The van der Waals surface area contributed by atoms with E-state index in [4.69, 9.17) is 5.11 Å². The van der Waals surface area contributed by atoms with Gasteiger partial charge in [0.15, 0.2) is 0 Å². The minimum Gasteiger partial charge on any atom is -0.481 e. The zero-order valence-corrected chi connectivity index (χ0v) is 15.5. The second-order valence-corrected chi connectivity index (χ2v) is 6.45. The van der Waals surface area contributed by atoms with Crippen molar-refractivity contribution in [1.82, 2.24) is 9.97 Å². The Hall–Kier alpha value is -4.06. The molecule has 6 nitrogen and oxygen atoms in total. The molecule has 0 aliphatic heterocycles. The van der Waals surface area contributed by atoms with Gasteiger partial charge >= 0.3 is 5.97 Å². The number of aromatic nitrogens is 2. The van der Waals surface area contributed by atoms with Crippen LogP contribution in [0.2, 0.25) is 0 Å². The first-order chi connectivity index (χ1) is 14.2. The molecule has 4 aromatic rings. The van der Waals surface area contributed by atoms with Crippen LogP contribution in [-0.2, 0) is 11.2 Å². The van der Waals surface area contributed by atoms with E-state index in [2.05, 4.69) is 20.2 Å². The fourth-order valence-electron chi connectivity index (χ4n) is 2.99. The SMILES string of the molecule is O=C(O)Cc1ccc(N=Nc2nc(-c3ccccc3)c(-c3ccccc3)[nH]2)cc1. The summed E-state index contributed by atoms with van der Waals surface area (Å²) in [4.78, 5) is 18.7. The lowest BCUT2D eigenvalue weighted by atomic mass is 10.1. The van der Waals surface area contributed by atoms with Gasteiger partial charge in [0.05, 0.1) is 23.5 Å². The normalized spacial score (nSPS) is 11.0. The van der Waals surface area contributed by atoms with Crippen LogP contribution in [0.4, 0.5) is 11.6 Å². The molecule has 0 atom stereocenters. The largest absolute Gasteiger partial charge is 0.481 e. The van der Waals surface area contributed by atoms with Gasteiger partial charge in [0, 0.05) is 11.1 Å². The van der Waals surface area contributed by atoms with Crippen molar-refractivity contribution >= 4 is 17.6 Å². The maximum atomic E-state index is 10.8. The monoisotopic (exact) mass is 382 g/mol. The number of rotatable bonds is 6. The molecule has 0 fully saturated rings. The molecule has 0 spiro atoms. The molecule has 2 N–H and O–H groups in total. The third-order valence-corrected chi connectivity index (χ3v) is 4.35. The number of carbonyl (C=O) groups is 1. The highest BCUT2D eigenvalue weighted by Gasteiger charge is 2.13. The summed E-state index contributed by atoms with van der Waals surface area (Å²) in [7, 11) is 0. The minimum atomic E-state index is -0.864. The van der Waals surface area contributed by atoms with Crippen LogP contribution in [0.15, 0.2) is 95.2 Å².